The van der Waals surface area contributed by atoms with Crippen molar-refractivity contribution in [2.24, 2.45) is 5.92 Å². The molecule has 0 heterocycles. The molecule has 0 aromatic rings. The fourth-order valence-electron chi connectivity index (χ4n) is 2.01. The molecule has 0 amide bonds. The Hall–Kier alpha value is -0.690. The second-order valence-electron chi connectivity index (χ2n) is 6.66. The van der Waals surface area contributed by atoms with Gasteiger partial charge in [0.2, 0.25) is 0 Å². The zero-order valence-corrected chi connectivity index (χ0v) is 17.1. The molecule has 6 nitrogen and oxygen atoms in total. The van der Waals surface area contributed by atoms with Crippen LogP contribution in [0.15, 0.2) is 0 Å². The Morgan fingerprint density at radius 2 is 1.23 bits per heavy atom. The summed E-state index contributed by atoms with van der Waals surface area (Å²) in [7, 11) is 0. The maximum absolute atomic E-state index is 11.4. The first-order chi connectivity index (χ1) is 12.7. The fourth-order valence-corrected chi connectivity index (χ4v) is 2.01. The molecule has 0 bridgehead atoms. The van der Waals surface area contributed by atoms with Crippen molar-refractivity contribution in [3.8, 4) is 0 Å². The molecule has 0 saturated heterocycles. The van der Waals surface area contributed by atoms with Crippen LogP contribution < -0.4 is 0 Å². The summed E-state index contributed by atoms with van der Waals surface area (Å²) in [5.74, 6) is 0.544. The van der Waals surface area contributed by atoms with E-state index in [4.69, 9.17) is 23.7 Å². The molecule has 0 atom stereocenters. The van der Waals surface area contributed by atoms with Crippen LogP contribution in [0.3, 0.4) is 0 Å². The van der Waals surface area contributed by atoms with Crippen LogP contribution in [0, 0.1) is 5.92 Å². The molecule has 0 radical (unpaired) electrons. The number of unbranched alkanes of at least 4 members (excludes halogenated alkanes) is 2. The van der Waals surface area contributed by atoms with Gasteiger partial charge in [0.1, 0.15) is 0 Å². The third-order valence-corrected chi connectivity index (χ3v) is 3.64. The highest BCUT2D eigenvalue weighted by atomic mass is 16.6. The van der Waals surface area contributed by atoms with Gasteiger partial charge in [0.05, 0.1) is 46.2 Å². The molecule has 0 aromatic carbocycles. The van der Waals surface area contributed by atoms with Crippen LogP contribution in [0.5, 0.6) is 0 Å². The van der Waals surface area contributed by atoms with Gasteiger partial charge in [0.25, 0.3) is 0 Å². The Labute approximate surface area is 159 Å². The number of rotatable bonds is 20. The maximum atomic E-state index is 11.4. The summed E-state index contributed by atoms with van der Waals surface area (Å²) in [4.78, 5) is 11.4. The lowest BCUT2D eigenvalue weighted by Gasteiger charge is -2.08. The molecular weight excluding hydrogens is 336 g/mol. The number of carbonyl (C=O) groups is 1. The van der Waals surface area contributed by atoms with Gasteiger partial charge in [-0.15, -0.1) is 0 Å². The number of carbonyl (C=O) groups excluding carboxylic acids is 1. The summed E-state index contributed by atoms with van der Waals surface area (Å²) in [5, 5.41) is 0. The van der Waals surface area contributed by atoms with Gasteiger partial charge in [-0.3, -0.25) is 4.79 Å². The molecule has 0 unspecified atom stereocenters. The van der Waals surface area contributed by atoms with Crippen LogP contribution in [0.1, 0.15) is 59.3 Å². The summed E-state index contributed by atoms with van der Waals surface area (Å²) in [6, 6.07) is 0. The molecule has 156 valence electrons. The van der Waals surface area contributed by atoms with E-state index in [1.165, 1.54) is 0 Å². The van der Waals surface area contributed by atoms with Crippen LogP contribution in [-0.4, -0.2) is 65.4 Å². The van der Waals surface area contributed by atoms with Crippen molar-refractivity contribution in [3.05, 3.63) is 0 Å². The zero-order valence-electron chi connectivity index (χ0n) is 17.1. The molecule has 0 fully saturated rings. The first-order valence-electron chi connectivity index (χ1n) is 10.1. The topological polar surface area (TPSA) is 63.2 Å². The van der Waals surface area contributed by atoms with Crippen molar-refractivity contribution in [2.45, 2.75) is 59.3 Å². The number of ether oxygens (including phenoxy) is 5. The summed E-state index contributed by atoms with van der Waals surface area (Å²) in [6.45, 7) is 11.8. The van der Waals surface area contributed by atoms with Gasteiger partial charge < -0.3 is 23.7 Å². The maximum Gasteiger partial charge on any atom is 0.305 e. The highest BCUT2D eigenvalue weighted by molar-refractivity contribution is 5.69. The van der Waals surface area contributed by atoms with Crippen LogP contribution in [-0.2, 0) is 28.5 Å². The Morgan fingerprint density at radius 3 is 1.77 bits per heavy atom. The molecular formula is C20H40O6. The van der Waals surface area contributed by atoms with Crippen LogP contribution in [0.2, 0.25) is 0 Å². The average molecular weight is 377 g/mol. The predicted molar refractivity (Wildman–Crippen MR) is 102 cm³/mol. The third kappa shape index (κ3) is 21.4. The van der Waals surface area contributed by atoms with Gasteiger partial charge in [-0.1, -0.05) is 33.6 Å². The highest BCUT2D eigenvalue weighted by Gasteiger charge is 2.02. The summed E-state index contributed by atoms with van der Waals surface area (Å²) in [6.07, 6.45) is 5.38. The number of hydrogen-bond donors (Lipinski definition) is 0. The number of esters is 1. The normalized spacial score (nSPS) is 11.2. The second-order valence-corrected chi connectivity index (χ2v) is 6.66. The largest absolute Gasteiger partial charge is 0.466 e. The van der Waals surface area contributed by atoms with E-state index in [1.807, 2.05) is 0 Å². The van der Waals surface area contributed by atoms with Crippen molar-refractivity contribution in [3.63, 3.8) is 0 Å². The summed E-state index contributed by atoms with van der Waals surface area (Å²) in [5.41, 5.74) is 0. The van der Waals surface area contributed by atoms with Gasteiger partial charge in [-0.05, 0) is 25.2 Å². The Balaban J connectivity index is 3.10. The minimum atomic E-state index is -0.133. The predicted octanol–water partition coefficient (Wildman–Crippen LogP) is 3.61. The SMILES string of the molecule is CCCCCOC(=O)CCCOCCOCCOCCOCCC(C)C. The van der Waals surface area contributed by atoms with Gasteiger partial charge in [0.15, 0.2) is 0 Å². The molecule has 0 saturated carbocycles. The lowest BCUT2D eigenvalue weighted by molar-refractivity contribution is -0.144. The Kier molecular flexibility index (Phi) is 20.1. The minimum absolute atomic E-state index is 0.133. The van der Waals surface area contributed by atoms with Gasteiger partial charge in [-0.25, -0.2) is 0 Å². The van der Waals surface area contributed by atoms with Gasteiger partial charge >= 0.3 is 5.97 Å². The number of hydrogen-bond acceptors (Lipinski definition) is 6. The van der Waals surface area contributed by atoms with Crippen molar-refractivity contribution >= 4 is 5.97 Å². The van der Waals surface area contributed by atoms with Crippen molar-refractivity contribution in [1.82, 2.24) is 0 Å². The monoisotopic (exact) mass is 376 g/mol. The second kappa shape index (κ2) is 20.6. The molecule has 6 heteroatoms. The van der Waals surface area contributed by atoms with E-state index >= 15 is 0 Å². The van der Waals surface area contributed by atoms with E-state index in [-0.39, 0.29) is 5.97 Å². The third-order valence-electron chi connectivity index (χ3n) is 3.64. The van der Waals surface area contributed by atoms with Crippen LogP contribution in [0.4, 0.5) is 0 Å². The minimum Gasteiger partial charge on any atom is -0.466 e. The molecule has 0 aliphatic rings. The van der Waals surface area contributed by atoms with E-state index < -0.39 is 0 Å². The van der Waals surface area contributed by atoms with E-state index in [0.29, 0.717) is 71.6 Å². The molecule has 26 heavy (non-hydrogen) atoms. The van der Waals surface area contributed by atoms with Gasteiger partial charge in [0, 0.05) is 19.6 Å². The molecule has 0 rings (SSSR count). The lowest BCUT2D eigenvalue weighted by Crippen LogP contribution is -2.13. The van der Waals surface area contributed by atoms with E-state index in [2.05, 4.69) is 20.8 Å². The van der Waals surface area contributed by atoms with E-state index in [1.54, 1.807) is 0 Å². The smallest absolute Gasteiger partial charge is 0.305 e. The van der Waals surface area contributed by atoms with Crippen LogP contribution in [0.25, 0.3) is 0 Å². The quantitative estimate of drug-likeness (QED) is 0.239. The average Bonchev–Trinajstić information content (AvgIpc) is 2.61. The van der Waals surface area contributed by atoms with Crippen LogP contribution >= 0.6 is 0 Å². The standard InChI is InChI=1S/C20H40O6/c1-4-5-6-11-26-20(21)8-7-10-22-13-15-24-17-18-25-16-14-23-12-9-19(2)3/h19H,4-18H2,1-3H3. The summed E-state index contributed by atoms with van der Waals surface area (Å²) >= 11 is 0. The molecule has 0 spiro atoms. The van der Waals surface area contributed by atoms with E-state index in [9.17, 15) is 4.79 Å². The summed E-state index contributed by atoms with van der Waals surface area (Å²) < 4.78 is 26.8. The fraction of sp³-hybridized carbons (Fsp3) is 0.950. The first-order valence-corrected chi connectivity index (χ1v) is 10.1. The van der Waals surface area contributed by atoms with Crippen molar-refractivity contribution < 1.29 is 28.5 Å². The first kappa shape index (κ1) is 25.3. The molecule has 0 aromatic heterocycles. The van der Waals surface area contributed by atoms with Gasteiger partial charge in [-0.2, -0.15) is 0 Å². The lowest BCUT2D eigenvalue weighted by atomic mass is 10.1. The molecule has 0 aliphatic carbocycles. The van der Waals surface area contributed by atoms with E-state index in [0.717, 1.165) is 32.3 Å². The Bertz CT molecular complexity index is 296. The molecule has 0 aliphatic heterocycles. The Morgan fingerprint density at radius 1 is 0.692 bits per heavy atom. The van der Waals surface area contributed by atoms with Crippen molar-refractivity contribution in [1.29, 1.82) is 0 Å². The molecule has 0 N–H and O–H groups in total. The zero-order chi connectivity index (χ0) is 19.3. The highest BCUT2D eigenvalue weighted by Crippen LogP contribution is 1.99. The van der Waals surface area contributed by atoms with Crippen molar-refractivity contribution in [2.75, 3.05) is 59.5 Å².